The monoisotopic (exact) mass is 433 g/mol. The van der Waals surface area contributed by atoms with Crippen LogP contribution in [0.15, 0.2) is 30.5 Å². The molecule has 3 aromatic rings. The summed E-state index contributed by atoms with van der Waals surface area (Å²) in [6.45, 7) is 12.9. The fraction of sp³-hybridized carbons (Fsp3) is 0.480. The summed E-state index contributed by atoms with van der Waals surface area (Å²) in [6, 6.07) is 8.43. The maximum atomic E-state index is 13.1. The van der Waals surface area contributed by atoms with E-state index in [-0.39, 0.29) is 17.9 Å². The van der Waals surface area contributed by atoms with E-state index in [1.165, 1.54) is 0 Å². The highest BCUT2D eigenvalue weighted by atomic mass is 16.5. The molecule has 1 fully saturated rings. The first-order chi connectivity index (χ1) is 15.3. The summed E-state index contributed by atoms with van der Waals surface area (Å²) in [5.41, 5.74) is 3.55. The molecule has 32 heavy (non-hydrogen) atoms. The molecule has 5 rings (SSSR count). The molecule has 1 atom stereocenters. The van der Waals surface area contributed by atoms with Crippen LogP contribution in [0.3, 0.4) is 0 Å². The van der Waals surface area contributed by atoms with Gasteiger partial charge in [0.15, 0.2) is 5.82 Å². The third-order valence-electron chi connectivity index (χ3n) is 6.79. The Kier molecular flexibility index (Phi) is 4.97. The van der Waals surface area contributed by atoms with Gasteiger partial charge in [-0.1, -0.05) is 26.0 Å². The number of nitrogens with zero attached hydrogens (tertiary/aromatic N) is 4. The Hall–Kier alpha value is -2.93. The molecule has 1 aromatic carbocycles. The second kappa shape index (κ2) is 7.59. The van der Waals surface area contributed by atoms with Crippen molar-refractivity contribution in [3.05, 3.63) is 41.7 Å². The lowest BCUT2D eigenvalue weighted by molar-refractivity contribution is -0.140. The number of carbonyl (C=O) groups excluding carboxylic acids is 1. The SMILES string of the molecule is CC(C)C(=O)N1Cc2c(N3CCOC[C@H]3C)nc(-c3cccc4[nH]ccc34)nc2C1(C)C. The molecule has 2 aromatic heterocycles. The summed E-state index contributed by atoms with van der Waals surface area (Å²) in [6.07, 6.45) is 1.94. The highest BCUT2D eigenvalue weighted by Gasteiger charge is 2.45. The number of rotatable bonds is 3. The van der Waals surface area contributed by atoms with Gasteiger partial charge < -0.3 is 19.5 Å². The average Bonchev–Trinajstić information content (AvgIpc) is 3.35. The van der Waals surface area contributed by atoms with Gasteiger partial charge in [0, 0.05) is 40.7 Å². The number of carbonyl (C=O) groups is 1. The number of hydrogen-bond donors (Lipinski definition) is 1. The molecule has 0 unspecified atom stereocenters. The van der Waals surface area contributed by atoms with Crippen LogP contribution < -0.4 is 4.90 Å². The summed E-state index contributed by atoms with van der Waals surface area (Å²) in [5, 5.41) is 1.10. The van der Waals surface area contributed by atoms with Gasteiger partial charge in [-0.05, 0) is 32.9 Å². The van der Waals surface area contributed by atoms with Crippen LogP contribution in [-0.2, 0) is 21.6 Å². The minimum Gasteiger partial charge on any atom is -0.377 e. The van der Waals surface area contributed by atoms with Crippen LogP contribution in [0.25, 0.3) is 22.3 Å². The highest BCUT2D eigenvalue weighted by Crippen LogP contribution is 2.43. The lowest BCUT2D eigenvalue weighted by atomic mass is 9.97. The minimum atomic E-state index is -0.509. The number of nitrogens with one attached hydrogen (secondary N) is 1. The van der Waals surface area contributed by atoms with Crippen molar-refractivity contribution in [3.63, 3.8) is 0 Å². The molecule has 0 aliphatic carbocycles. The molecule has 4 heterocycles. The molecule has 1 N–H and O–H groups in total. The Morgan fingerprint density at radius 1 is 1.25 bits per heavy atom. The van der Waals surface area contributed by atoms with E-state index in [9.17, 15) is 4.79 Å². The molecule has 1 saturated heterocycles. The summed E-state index contributed by atoms with van der Waals surface area (Å²) in [5.74, 6) is 1.70. The minimum absolute atomic E-state index is 0.0737. The zero-order valence-corrected chi connectivity index (χ0v) is 19.5. The van der Waals surface area contributed by atoms with Gasteiger partial charge in [-0.2, -0.15) is 0 Å². The molecular formula is C25H31N5O2. The van der Waals surface area contributed by atoms with Crippen LogP contribution in [-0.4, -0.2) is 51.6 Å². The number of benzene rings is 1. The van der Waals surface area contributed by atoms with Gasteiger partial charge in [-0.25, -0.2) is 9.97 Å². The molecule has 2 aliphatic rings. The van der Waals surface area contributed by atoms with Gasteiger partial charge >= 0.3 is 0 Å². The van der Waals surface area contributed by atoms with E-state index in [1.807, 2.05) is 31.0 Å². The van der Waals surface area contributed by atoms with E-state index in [2.05, 4.69) is 48.9 Å². The number of aromatic nitrogens is 3. The molecule has 7 heteroatoms. The third-order valence-corrected chi connectivity index (χ3v) is 6.79. The van der Waals surface area contributed by atoms with Crippen LogP contribution in [0.4, 0.5) is 5.82 Å². The Bertz CT molecular complexity index is 1180. The predicted molar refractivity (Wildman–Crippen MR) is 125 cm³/mol. The summed E-state index contributed by atoms with van der Waals surface area (Å²) >= 11 is 0. The Morgan fingerprint density at radius 3 is 2.81 bits per heavy atom. The normalized spacial score (nSPS) is 20.2. The van der Waals surface area contributed by atoms with Crippen LogP contribution in [0.2, 0.25) is 0 Å². The molecule has 168 valence electrons. The number of ether oxygens (including phenoxy) is 1. The fourth-order valence-electron chi connectivity index (χ4n) is 4.95. The van der Waals surface area contributed by atoms with Crippen LogP contribution in [0, 0.1) is 5.92 Å². The number of morpholine rings is 1. The number of H-pyrrole nitrogens is 1. The van der Waals surface area contributed by atoms with Gasteiger partial charge in [-0.15, -0.1) is 0 Å². The summed E-state index contributed by atoms with van der Waals surface area (Å²) in [7, 11) is 0. The van der Waals surface area contributed by atoms with Gasteiger partial charge in [0.1, 0.15) is 5.82 Å². The second-order valence-corrected chi connectivity index (χ2v) is 9.70. The first kappa shape index (κ1) is 20.9. The van der Waals surface area contributed by atoms with E-state index >= 15 is 0 Å². The number of fused-ring (bicyclic) bond motifs is 2. The predicted octanol–water partition coefficient (Wildman–Crippen LogP) is 4.08. The standard InChI is InChI=1S/C25H31N5O2/c1-15(2)24(31)30-13-19-21(25(30,4)5)27-22(18-7-6-8-20-17(18)9-10-26-20)28-23(19)29-11-12-32-14-16(29)3/h6-10,15-16,26H,11-14H2,1-5H3/t16-/m1/s1. The van der Waals surface area contributed by atoms with Crippen molar-refractivity contribution in [1.29, 1.82) is 0 Å². The van der Waals surface area contributed by atoms with E-state index < -0.39 is 5.54 Å². The van der Waals surface area contributed by atoms with Gasteiger partial charge in [-0.3, -0.25) is 4.79 Å². The molecule has 1 amide bonds. The van der Waals surface area contributed by atoms with E-state index in [0.29, 0.717) is 25.6 Å². The average molecular weight is 434 g/mol. The molecule has 0 bridgehead atoms. The van der Waals surface area contributed by atoms with Crippen LogP contribution >= 0.6 is 0 Å². The van der Waals surface area contributed by atoms with Gasteiger partial charge in [0.25, 0.3) is 0 Å². The Labute approximate surface area is 188 Å². The van der Waals surface area contributed by atoms with Crippen molar-refractivity contribution in [2.45, 2.75) is 52.7 Å². The number of anilines is 1. The molecule has 0 radical (unpaired) electrons. The number of amides is 1. The zero-order chi connectivity index (χ0) is 22.6. The Balaban J connectivity index is 1.72. The summed E-state index contributed by atoms with van der Waals surface area (Å²) in [4.78, 5) is 30.9. The Morgan fingerprint density at radius 2 is 2.06 bits per heavy atom. The van der Waals surface area contributed by atoms with E-state index in [0.717, 1.165) is 40.1 Å². The van der Waals surface area contributed by atoms with E-state index in [1.54, 1.807) is 0 Å². The van der Waals surface area contributed by atoms with E-state index in [4.69, 9.17) is 14.7 Å². The first-order valence-corrected chi connectivity index (χ1v) is 11.4. The van der Waals surface area contributed by atoms with Crippen molar-refractivity contribution in [2.75, 3.05) is 24.7 Å². The third kappa shape index (κ3) is 3.18. The first-order valence-electron chi connectivity index (χ1n) is 11.4. The second-order valence-electron chi connectivity index (χ2n) is 9.70. The molecule has 0 saturated carbocycles. The number of hydrogen-bond acceptors (Lipinski definition) is 5. The lowest BCUT2D eigenvalue weighted by Crippen LogP contribution is -2.44. The van der Waals surface area contributed by atoms with Crippen molar-refractivity contribution in [1.82, 2.24) is 19.9 Å². The quantitative estimate of drug-likeness (QED) is 0.674. The number of aromatic amines is 1. The highest BCUT2D eigenvalue weighted by molar-refractivity contribution is 5.93. The smallest absolute Gasteiger partial charge is 0.226 e. The maximum Gasteiger partial charge on any atom is 0.226 e. The summed E-state index contributed by atoms with van der Waals surface area (Å²) < 4.78 is 5.69. The molecule has 2 aliphatic heterocycles. The van der Waals surface area contributed by atoms with Crippen molar-refractivity contribution in [2.24, 2.45) is 5.92 Å². The molecular weight excluding hydrogens is 402 g/mol. The fourth-order valence-corrected chi connectivity index (χ4v) is 4.95. The lowest BCUT2D eigenvalue weighted by Gasteiger charge is -2.35. The molecule has 0 spiro atoms. The van der Waals surface area contributed by atoms with Crippen molar-refractivity contribution in [3.8, 4) is 11.4 Å². The van der Waals surface area contributed by atoms with Crippen molar-refractivity contribution >= 4 is 22.6 Å². The molecule has 7 nitrogen and oxygen atoms in total. The van der Waals surface area contributed by atoms with Gasteiger partial charge in [0.05, 0.1) is 37.0 Å². The maximum absolute atomic E-state index is 13.1. The topological polar surface area (TPSA) is 74.3 Å². The van der Waals surface area contributed by atoms with Gasteiger partial charge in [0.2, 0.25) is 5.91 Å². The zero-order valence-electron chi connectivity index (χ0n) is 19.5. The largest absolute Gasteiger partial charge is 0.377 e. The van der Waals surface area contributed by atoms with Crippen LogP contribution in [0.5, 0.6) is 0 Å². The van der Waals surface area contributed by atoms with Crippen molar-refractivity contribution < 1.29 is 9.53 Å². The van der Waals surface area contributed by atoms with Crippen LogP contribution in [0.1, 0.15) is 45.9 Å².